The summed E-state index contributed by atoms with van der Waals surface area (Å²) in [4.78, 5) is 38.5. The monoisotopic (exact) mass is 434 g/mol. The third-order valence-electron chi connectivity index (χ3n) is 5.14. The van der Waals surface area contributed by atoms with Crippen LogP contribution in [0.1, 0.15) is 33.5 Å². The number of methoxy groups -OCH3 is 1. The summed E-state index contributed by atoms with van der Waals surface area (Å²) in [5.74, 6) is -2.06. The Morgan fingerprint density at radius 1 is 1.19 bits per heavy atom. The molecule has 1 fully saturated rings. The zero-order chi connectivity index (χ0) is 22.8. The molecule has 1 saturated heterocycles. The molecule has 1 heterocycles. The Bertz CT molecular complexity index is 1020. The van der Waals surface area contributed by atoms with E-state index in [9.17, 15) is 27.6 Å². The molecule has 31 heavy (non-hydrogen) atoms. The standard InChI is InChI=1S/C22H21F3N2O4/c1-13-5-3-8-17(21(30)31-2)19(13)26-20(29)15-10-18(28)27(12-15)11-14-6-4-7-16(9-14)22(23,24)25/h3-9,15H,10-12H2,1-2H3,(H,26,29). The van der Waals surface area contributed by atoms with Crippen molar-refractivity contribution in [2.24, 2.45) is 5.92 Å². The molecule has 0 bridgehead atoms. The van der Waals surface area contributed by atoms with Crippen molar-refractivity contribution < 1.29 is 32.3 Å². The lowest BCUT2D eigenvalue weighted by atomic mass is 10.0. The van der Waals surface area contributed by atoms with Crippen LogP contribution in [0.3, 0.4) is 0 Å². The number of ether oxygens (including phenoxy) is 1. The number of halogens is 3. The number of rotatable bonds is 5. The van der Waals surface area contributed by atoms with Crippen LogP contribution in [-0.4, -0.2) is 36.3 Å². The molecule has 0 aromatic heterocycles. The Morgan fingerprint density at radius 2 is 1.90 bits per heavy atom. The number of nitrogens with one attached hydrogen (secondary N) is 1. The van der Waals surface area contributed by atoms with E-state index in [1.165, 1.54) is 30.2 Å². The number of para-hydroxylation sites is 1. The number of nitrogens with zero attached hydrogens (tertiary/aromatic N) is 1. The second kappa shape index (κ2) is 8.79. The van der Waals surface area contributed by atoms with Gasteiger partial charge in [0.2, 0.25) is 11.8 Å². The molecular formula is C22H21F3N2O4. The lowest BCUT2D eigenvalue weighted by Crippen LogP contribution is -2.28. The van der Waals surface area contributed by atoms with E-state index in [4.69, 9.17) is 4.74 Å². The second-order valence-electron chi connectivity index (χ2n) is 7.35. The Kier molecular flexibility index (Phi) is 6.33. The average Bonchev–Trinajstić information content (AvgIpc) is 3.09. The van der Waals surface area contributed by atoms with Gasteiger partial charge >= 0.3 is 12.1 Å². The highest BCUT2D eigenvalue weighted by atomic mass is 19.4. The van der Waals surface area contributed by atoms with E-state index in [1.54, 1.807) is 19.1 Å². The first-order valence-corrected chi connectivity index (χ1v) is 9.53. The van der Waals surface area contributed by atoms with Crippen molar-refractivity contribution >= 4 is 23.5 Å². The summed E-state index contributed by atoms with van der Waals surface area (Å²) in [6.07, 6.45) is -4.54. The van der Waals surface area contributed by atoms with Crippen LogP contribution in [0.15, 0.2) is 42.5 Å². The minimum Gasteiger partial charge on any atom is -0.465 e. The number of hydrogen-bond donors (Lipinski definition) is 1. The zero-order valence-corrected chi connectivity index (χ0v) is 17.0. The van der Waals surface area contributed by atoms with Crippen LogP contribution in [-0.2, 0) is 27.0 Å². The maximum Gasteiger partial charge on any atom is 0.416 e. The quantitative estimate of drug-likeness (QED) is 0.727. The Labute approximate surface area is 177 Å². The predicted molar refractivity (Wildman–Crippen MR) is 106 cm³/mol. The van der Waals surface area contributed by atoms with Crippen LogP contribution in [0.4, 0.5) is 18.9 Å². The molecule has 1 unspecified atom stereocenters. The molecule has 9 heteroatoms. The summed E-state index contributed by atoms with van der Waals surface area (Å²) in [6.45, 7) is 1.77. The van der Waals surface area contributed by atoms with Gasteiger partial charge in [0.1, 0.15) is 0 Å². The molecule has 1 atom stereocenters. The normalized spacial score (nSPS) is 16.4. The van der Waals surface area contributed by atoms with Gasteiger partial charge in [0, 0.05) is 19.5 Å². The molecule has 1 aliphatic rings. The molecule has 2 aromatic rings. The average molecular weight is 434 g/mol. The third kappa shape index (κ3) is 5.04. The van der Waals surface area contributed by atoms with Crippen molar-refractivity contribution in [3.8, 4) is 0 Å². The molecule has 0 saturated carbocycles. The van der Waals surface area contributed by atoms with E-state index < -0.39 is 29.5 Å². The van der Waals surface area contributed by atoms with Gasteiger partial charge in [0.25, 0.3) is 0 Å². The van der Waals surface area contributed by atoms with Crippen molar-refractivity contribution in [1.82, 2.24) is 4.90 Å². The number of esters is 1. The van der Waals surface area contributed by atoms with E-state index in [0.29, 0.717) is 16.8 Å². The maximum absolute atomic E-state index is 12.9. The number of anilines is 1. The van der Waals surface area contributed by atoms with Crippen molar-refractivity contribution in [1.29, 1.82) is 0 Å². The van der Waals surface area contributed by atoms with Gasteiger partial charge < -0.3 is 15.0 Å². The summed E-state index contributed by atoms with van der Waals surface area (Å²) >= 11 is 0. The number of amides is 2. The number of carbonyl (C=O) groups excluding carboxylic acids is 3. The third-order valence-corrected chi connectivity index (χ3v) is 5.14. The number of hydrogen-bond acceptors (Lipinski definition) is 4. The first-order chi connectivity index (χ1) is 14.6. The molecule has 164 valence electrons. The fourth-order valence-corrected chi connectivity index (χ4v) is 3.51. The van der Waals surface area contributed by atoms with Crippen molar-refractivity contribution in [2.45, 2.75) is 26.1 Å². The largest absolute Gasteiger partial charge is 0.465 e. The Hall–Kier alpha value is -3.36. The smallest absolute Gasteiger partial charge is 0.416 e. The van der Waals surface area contributed by atoms with Gasteiger partial charge in [0.05, 0.1) is 29.8 Å². The van der Waals surface area contributed by atoms with E-state index in [2.05, 4.69) is 5.32 Å². The van der Waals surface area contributed by atoms with Crippen LogP contribution in [0.25, 0.3) is 0 Å². The van der Waals surface area contributed by atoms with Crippen molar-refractivity contribution in [3.05, 3.63) is 64.7 Å². The van der Waals surface area contributed by atoms with E-state index in [1.807, 2.05) is 0 Å². The highest BCUT2D eigenvalue weighted by Crippen LogP contribution is 2.30. The molecular weight excluding hydrogens is 413 g/mol. The molecule has 0 spiro atoms. The fourth-order valence-electron chi connectivity index (χ4n) is 3.51. The topological polar surface area (TPSA) is 75.7 Å². The number of alkyl halides is 3. The number of benzene rings is 2. The molecule has 2 amide bonds. The van der Waals surface area contributed by atoms with Gasteiger partial charge in [-0.25, -0.2) is 4.79 Å². The van der Waals surface area contributed by atoms with Gasteiger partial charge in [0.15, 0.2) is 0 Å². The Morgan fingerprint density at radius 3 is 2.58 bits per heavy atom. The van der Waals surface area contributed by atoms with Gasteiger partial charge in [-0.3, -0.25) is 9.59 Å². The first-order valence-electron chi connectivity index (χ1n) is 9.53. The van der Waals surface area contributed by atoms with E-state index >= 15 is 0 Å². The Balaban J connectivity index is 1.71. The minimum absolute atomic E-state index is 0.0235. The van der Waals surface area contributed by atoms with E-state index in [0.717, 1.165) is 12.1 Å². The van der Waals surface area contributed by atoms with Gasteiger partial charge in [-0.15, -0.1) is 0 Å². The van der Waals surface area contributed by atoms with Gasteiger partial charge in [-0.05, 0) is 36.2 Å². The van der Waals surface area contributed by atoms with Crippen LogP contribution < -0.4 is 5.32 Å². The summed E-state index contributed by atoms with van der Waals surface area (Å²) in [5, 5.41) is 2.70. The second-order valence-corrected chi connectivity index (χ2v) is 7.35. The predicted octanol–water partition coefficient (Wildman–Crippen LogP) is 3.79. The molecule has 0 aliphatic carbocycles. The lowest BCUT2D eigenvalue weighted by molar-refractivity contribution is -0.137. The lowest BCUT2D eigenvalue weighted by Gasteiger charge is -2.18. The summed E-state index contributed by atoms with van der Waals surface area (Å²) in [5.41, 5.74) is 0.697. The van der Waals surface area contributed by atoms with Crippen LogP contribution in [0.2, 0.25) is 0 Å². The molecule has 2 aromatic carbocycles. The highest BCUT2D eigenvalue weighted by Gasteiger charge is 2.35. The van der Waals surface area contributed by atoms with Crippen LogP contribution in [0, 0.1) is 12.8 Å². The van der Waals surface area contributed by atoms with Gasteiger partial charge in [-0.1, -0.05) is 24.3 Å². The van der Waals surface area contributed by atoms with Crippen molar-refractivity contribution in [3.63, 3.8) is 0 Å². The van der Waals surface area contributed by atoms with Crippen LogP contribution >= 0.6 is 0 Å². The molecule has 1 N–H and O–H groups in total. The SMILES string of the molecule is COC(=O)c1cccc(C)c1NC(=O)C1CC(=O)N(Cc2cccc(C(F)(F)F)c2)C1. The van der Waals surface area contributed by atoms with E-state index in [-0.39, 0.29) is 31.0 Å². The number of carbonyl (C=O) groups is 3. The summed E-state index contributed by atoms with van der Waals surface area (Å²) < 4.78 is 43.5. The number of aryl methyl sites for hydroxylation is 1. The fraction of sp³-hybridized carbons (Fsp3) is 0.318. The summed E-state index contributed by atoms with van der Waals surface area (Å²) in [6, 6.07) is 9.66. The van der Waals surface area contributed by atoms with Gasteiger partial charge in [-0.2, -0.15) is 13.2 Å². The molecule has 6 nitrogen and oxygen atoms in total. The maximum atomic E-state index is 12.9. The highest BCUT2D eigenvalue weighted by molar-refractivity contribution is 6.04. The summed E-state index contributed by atoms with van der Waals surface area (Å²) in [7, 11) is 1.23. The first kappa shape index (κ1) is 22.3. The van der Waals surface area contributed by atoms with Crippen molar-refractivity contribution in [2.75, 3.05) is 19.0 Å². The molecule has 1 aliphatic heterocycles. The number of likely N-dealkylation sites (tertiary alicyclic amines) is 1. The molecule has 3 rings (SSSR count). The van der Waals surface area contributed by atoms with Crippen LogP contribution in [0.5, 0.6) is 0 Å². The molecule has 0 radical (unpaired) electrons. The zero-order valence-electron chi connectivity index (χ0n) is 17.0. The minimum atomic E-state index is -4.47.